The quantitative estimate of drug-likeness (QED) is 0.223. The Morgan fingerprint density at radius 3 is 1.83 bits per heavy atom. The maximum Gasteiger partial charge on any atom is 0.323 e. The fraction of sp³-hybridized carbons (Fsp3) is 0.789. The summed E-state index contributed by atoms with van der Waals surface area (Å²) >= 11 is 0. The van der Waals surface area contributed by atoms with Crippen molar-refractivity contribution in [1.82, 2.24) is 0 Å². The first-order chi connectivity index (χ1) is 10.9. The topological polar surface area (TPSA) is 52.6 Å². The smallest absolute Gasteiger partial charge is 0.323 e. The van der Waals surface area contributed by atoms with Crippen LogP contribution in [0, 0.1) is 5.41 Å². The number of allylic oxidation sites excluding steroid dienone is 2. The number of carbonyl (C=O) groups excluding carboxylic acids is 2. The van der Waals surface area contributed by atoms with Gasteiger partial charge in [0, 0.05) is 0 Å². The molecule has 0 N–H and O–H groups in total. The highest BCUT2D eigenvalue weighted by Gasteiger charge is 2.47. The van der Waals surface area contributed by atoms with Gasteiger partial charge < -0.3 is 9.47 Å². The molecule has 0 heterocycles. The van der Waals surface area contributed by atoms with Crippen molar-refractivity contribution >= 4 is 11.9 Å². The van der Waals surface area contributed by atoms with Crippen LogP contribution in [0.3, 0.4) is 0 Å². The number of unbranched alkanes of at least 4 members (excludes halogenated alkanes) is 4. The molecule has 0 aromatic rings. The summed E-state index contributed by atoms with van der Waals surface area (Å²) in [6.45, 7) is 10.1. The van der Waals surface area contributed by atoms with Crippen LogP contribution in [0.4, 0.5) is 0 Å². The van der Waals surface area contributed by atoms with Crippen molar-refractivity contribution in [1.29, 1.82) is 0 Å². The fourth-order valence-electron chi connectivity index (χ4n) is 2.50. The first-order valence-corrected chi connectivity index (χ1v) is 8.92. The van der Waals surface area contributed by atoms with Gasteiger partial charge in [-0.2, -0.15) is 0 Å². The van der Waals surface area contributed by atoms with Crippen molar-refractivity contribution in [3.8, 4) is 0 Å². The maximum atomic E-state index is 12.6. The van der Waals surface area contributed by atoms with Gasteiger partial charge in [-0.25, -0.2) is 0 Å². The van der Waals surface area contributed by atoms with Gasteiger partial charge >= 0.3 is 11.9 Å². The predicted molar refractivity (Wildman–Crippen MR) is 93.1 cm³/mol. The van der Waals surface area contributed by atoms with Crippen molar-refractivity contribution < 1.29 is 19.1 Å². The van der Waals surface area contributed by atoms with E-state index in [0.29, 0.717) is 12.8 Å². The third-order valence-electron chi connectivity index (χ3n) is 3.90. The third-order valence-corrected chi connectivity index (χ3v) is 3.90. The number of hydrogen-bond acceptors (Lipinski definition) is 4. The predicted octanol–water partition coefficient (Wildman–Crippen LogP) is 4.82. The minimum absolute atomic E-state index is 0.268. The Bertz CT molecular complexity index is 363. The highest BCUT2D eigenvalue weighted by atomic mass is 16.6. The van der Waals surface area contributed by atoms with Crippen molar-refractivity contribution in [2.24, 2.45) is 5.41 Å². The van der Waals surface area contributed by atoms with Gasteiger partial charge in [0.2, 0.25) is 0 Å². The van der Waals surface area contributed by atoms with E-state index in [1.54, 1.807) is 13.8 Å². The minimum atomic E-state index is -1.20. The third kappa shape index (κ3) is 7.67. The molecule has 134 valence electrons. The Balaban J connectivity index is 5.23. The van der Waals surface area contributed by atoms with Crippen LogP contribution < -0.4 is 0 Å². The van der Waals surface area contributed by atoms with Crippen LogP contribution in [0.2, 0.25) is 0 Å². The molecule has 0 saturated carbocycles. The molecule has 0 fully saturated rings. The van der Waals surface area contributed by atoms with E-state index >= 15 is 0 Å². The Morgan fingerprint density at radius 1 is 0.870 bits per heavy atom. The van der Waals surface area contributed by atoms with Crippen molar-refractivity contribution in [3.63, 3.8) is 0 Å². The molecule has 0 saturated heterocycles. The molecule has 0 aliphatic carbocycles. The average Bonchev–Trinajstić information content (AvgIpc) is 2.50. The summed E-state index contributed by atoms with van der Waals surface area (Å²) in [5, 5.41) is 0. The number of ether oxygens (including phenoxy) is 2. The van der Waals surface area contributed by atoms with Crippen LogP contribution in [-0.2, 0) is 19.1 Å². The second-order valence-electron chi connectivity index (χ2n) is 6.17. The summed E-state index contributed by atoms with van der Waals surface area (Å²) < 4.78 is 10.4. The Kier molecular flexibility index (Phi) is 11.4. The lowest BCUT2D eigenvalue weighted by molar-refractivity contribution is -0.172. The van der Waals surface area contributed by atoms with Crippen LogP contribution in [0.1, 0.15) is 79.6 Å². The first-order valence-electron chi connectivity index (χ1n) is 8.92. The molecule has 4 nitrogen and oxygen atoms in total. The summed E-state index contributed by atoms with van der Waals surface area (Å²) in [5.74, 6) is -0.905. The molecular weight excluding hydrogens is 292 g/mol. The highest BCUT2D eigenvalue weighted by molar-refractivity contribution is 6.00. The summed E-state index contributed by atoms with van der Waals surface area (Å²) in [5.41, 5.74) is -0.121. The van der Waals surface area contributed by atoms with Gasteiger partial charge in [0.05, 0.1) is 13.2 Å². The molecule has 0 aromatic carbocycles. The lowest BCUT2D eigenvalue weighted by Crippen LogP contribution is -2.42. The van der Waals surface area contributed by atoms with Crippen LogP contribution in [0.15, 0.2) is 11.6 Å². The van der Waals surface area contributed by atoms with Crippen LogP contribution >= 0.6 is 0 Å². The van der Waals surface area contributed by atoms with Gasteiger partial charge in [-0.15, -0.1) is 0 Å². The van der Waals surface area contributed by atoms with Gasteiger partial charge in [0.1, 0.15) is 0 Å². The molecule has 0 amide bonds. The highest BCUT2D eigenvalue weighted by Crippen LogP contribution is 2.34. The van der Waals surface area contributed by atoms with E-state index in [9.17, 15) is 9.59 Å². The number of carbonyl (C=O) groups is 2. The number of esters is 2. The first kappa shape index (κ1) is 21.7. The Morgan fingerprint density at radius 2 is 1.39 bits per heavy atom. The molecule has 0 aliphatic rings. The molecule has 0 radical (unpaired) electrons. The van der Waals surface area contributed by atoms with E-state index in [1.165, 1.54) is 12.8 Å². The zero-order valence-electron chi connectivity index (χ0n) is 15.6. The normalized spacial score (nSPS) is 11.0. The minimum Gasteiger partial charge on any atom is -0.465 e. The molecule has 0 bridgehead atoms. The molecule has 0 rings (SSSR count). The fourth-order valence-corrected chi connectivity index (χ4v) is 2.50. The molecule has 0 unspecified atom stereocenters. The van der Waals surface area contributed by atoms with Crippen LogP contribution in [0.25, 0.3) is 0 Å². The molecule has 0 aromatic heterocycles. The van der Waals surface area contributed by atoms with Gasteiger partial charge in [-0.3, -0.25) is 9.59 Å². The van der Waals surface area contributed by atoms with Crippen LogP contribution in [-0.4, -0.2) is 25.2 Å². The lowest BCUT2D eigenvalue weighted by Gasteiger charge is -2.28. The van der Waals surface area contributed by atoms with Crippen molar-refractivity contribution in [2.75, 3.05) is 13.2 Å². The summed E-state index contributed by atoms with van der Waals surface area (Å²) in [6, 6.07) is 0. The van der Waals surface area contributed by atoms with Gasteiger partial charge in [-0.05, 0) is 40.5 Å². The van der Waals surface area contributed by atoms with E-state index < -0.39 is 17.4 Å². The zero-order chi connectivity index (χ0) is 17.7. The van der Waals surface area contributed by atoms with Crippen molar-refractivity contribution in [2.45, 2.75) is 79.6 Å². The molecule has 23 heavy (non-hydrogen) atoms. The molecular formula is C19H34O4. The van der Waals surface area contributed by atoms with E-state index in [0.717, 1.165) is 24.8 Å². The summed E-state index contributed by atoms with van der Waals surface area (Å²) in [6.07, 6.45) is 8.08. The SMILES string of the molecule is CCCCCCCC(CC=C(C)C)(C(=O)OCC)C(=O)OCC. The summed E-state index contributed by atoms with van der Waals surface area (Å²) in [7, 11) is 0. The second-order valence-corrected chi connectivity index (χ2v) is 6.17. The number of rotatable bonds is 12. The number of hydrogen-bond donors (Lipinski definition) is 0. The molecule has 0 atom stereocenters. The average molecular weight is 326 g/mol. The van der Waals surface area contributed by atoms with E-state index in [2.05, 4.69) is 6.92 Å². The van der Waals surface area contributed by atoms with Crippen molar-refractivity contribution in [3.05, 3.63) is 11.6 Å². The van der Waals surface area contributed by atoms with Gasteiger partial charge in [0.25, 0.3) is 0 Å². The standard InChI is InChI=1S/C19H34O4/c1-6-9-10-11-12-14-19(15-13-16(4)5,17(20)22-7-2)18(21)23-8-3/h13H,6-12,14-15H2,1-5H3. The molecule has 0 aliphatic heterocycles. The summed E-state index contributed by atoms with van der Waals surface area (Å²) in [4.78, 5) is 25.1. The Labute approximate surface area is 141 Å². The van der Waals surface area contributed by atoms with Gasteiger partial charge in [-0.1, -0.05) is 50.7 Å². The Hall–Kier alpha value is -1.32. The lowest BCUT2D eigenvalue weighted by atomic mass is 9.78. The second kappa shape index (κ2) is 12.1. The van der Waals surface area contributed by atoms with Crippen LogP contribution in [0.5, 0.6) is 0 Å². The van der Waals surface area contributed by atoms with E-state index in [4.69, 9.17) is 9.47 Å². The molecule has 4 heteroatoms. The maximum absolute atomic E-state index is 12.6. The van der Waals surface area contributed by atoms with E-state index in [1.807, 2.05) is 19.9 Å². The van der Waals surface area contributed by atoms with E-state index in [-0.39, 0.29) is 13.2 Å². The zero-order valence-corrected chi connectivity index (χ0v) is 15.6. The monoisotopic (exact) mass is 326 g/mol. The largest absolute Gasteiger partial charge is 0.465 e. The van der Waals surface area contributed by atoms with Gasteiger partial charge in [0.15, 0.2) is 5.41 Å². The molecule has 0 spiro atoms.